The molecule has 0 heterocycles. The standard InChI is InChI=1S/C40H61N9O11/c1-9-23(6)34(39(58)47-27(17-21(2)3)37(56)48-33(22(4)5)35(41)54)49-38(57)29(19-42-25(8)50)46-31(52)16-15-30(51)44-24(7)36(55)43-20-32(53)45-28(40(59)60)18-26-13-11-10-12-14-26/h10-16,21-24,27-29,33-34H,9,17-20H2,1-8H3,(H2,41,54)(H,42,50)(H,43,55)(H,44,51)(H,45,53)(H,46,52)(H,47,58)(H,48,56)(H,49,57)(H,59,60)/b16-15+/t23-,24-,27-,28-,29-,33-,34-/m0/s1. The van der Waals surface area contributed by atoms with Crippen LogP contribution in [-0.4, -0.2) is 114 Å². The molecule has 0 saturated heterocycles. The molecule has 20 heteroatoms. The van der Waals surface area contributed by atoms with Crippen LogP contribution < -0.4 is 48.3 Å². The summed E-state index contributed by atoms with van der Waals surface area (Å²) in [5, 5.41) is 29.1. The Morgan fingerprint density at radius 1 is 0.667 bits per heavy atom. The van der Waals surface area contributed by atoms with Crippen LogP contribution in [0.2, 0.25) is 0 Å². The van der Waals surface area contributed by atoms with E-state index in [2.05, 4.69) is 42.5 Å². The quantitative estimate of drug-likeness (QED) is 0.0494. The van der Waals surface area contributed by atoms with E-state index < -0.39 is 114 Å². The molecule has 7 atom stereocenters. The fraction of sp³-hybridized carbons (Fsp3) is 0.550. The predicted molar refractivity (Wildman–Crippen MR) is 219 cm³/mol. The number of hydrogen-bond acceptors (Lipinski definition) is 10. The van der Waals surface area contributed by atoms with Crippen molar-refractivity contribution in [2.75, 3.05) is 13.1 Å². The number of hydrogen-bond donors (Lipinski definition) is 10. The van der Waals surface area contributed by atoms with Crippen molar-refractivity contribution in [1.82, 2.24) is 42.5 Å². The fourth-order valence-corrected chi connectivity index (χ4v) is 5.51. The summed E-state index contributed by atoms with van der Waals surface area (Å²) in [6.45, 7) is 12.0. The number of carboxylic acid groups (broad SMARTS) is 1. The summed E-state index contributed by atoms with van der Waals surface area (Å²) in [6.07, 6.45) is 2.15. The molecule has 0 aliphatic rings. The Morgan fingerprint density at radius 2 is 1.23 bits per heavy atom. The van der Waals surface area contributed by atoms with Gasteiger partial charge in [0.2, 0.25) is 53.2 Å². The molecule has 60 heavy (non-hydrogen) atoms. The number of rotatable bonds is 25. The lowest BCUT2D eigenvalue weighted by Gasteiger charge is -2.29. The van der Waals surface area contributed by atoms with Crippen molar-refractivity contribution >= 4 is 59.1 Å². The number of primary amides is 1. The van der Waals surface area contributed by atoms with E-state index in [0.29, 0.717) is 12.0 Å². The summed E-state index contributed by atoms with van der Waals surface area (Å²) in [4.78, 5) is 126. The van der Waals surface area contributed by atoms with Gasteiger partial charge in [0, 0.05) is 32.0 Å². The first-order valence-electron chi connectivity index (χ1n) is 19.6. The lowest BCUT2D eigenvalue weighted by atomic mass is 9.96. The van der Waals surface area contributed by atoms with E-state index in [1.165, 1.54) is 13.8 Å². The highest BCUT2D eigenvalue weighted by molar-refractivity contribution is 6.01. The van der Waals surface area contributed by atoms with E-state index in [1.807, 2.05) is 13.8 Å². The van der Waals surface area contributed by atoms with E-state index >= 15 is 0 Å². The summed E-state index contributed by atoms with van der Waals surface area (Å²) in [5.41, 5.74) is 6.14. The third-order valence-electron chi connectivity index (χ3n) is 9.07. The molecule has 332 valence electrons. The van der Waals surface area contributed by atoms with Crippen LogP contribution in [0, 0.1) is 17.8 Å². The van der Waals surface area contributed by atoms with Gasteiger partial charge >= 0.3 is 5.97 Å². The van der Waals surface area contributed by atoms with E-state index in [9.17, 15) is 53.1 Å². The van der Waals surface area contributed by atoms with Crippen LogP contribution in [-0.2, 0) is 54.4 Å². The summed E-state index contributed by atoms with van der Waals surface area (Å²) in [7, 11) is 0. The average Bonchev–Trinajstić information content (AvgIpc) is 3.17. The molecule has 0 bridgehead atoms. The number of carbonyl (C=O) groups excluding carboxylic acids is 9. The van der Waals surface area contributed by atoms with Crippen molar-refractivity contribution in [1.29, 1.82) is 0 Å². The third kappa shape index (κ3) is 19.4. The molecular formula is C40H61N9O11. The number of nitrogens with two attached hydrogens (primary N) is 1. The van der Waals surface area contributed by atoms with Gasteiger partial charge in [0.15, 0.2) is 0 Å². The van der Waals surface area contributed by atoms with Gasteiger partial charge in [-0.05, 0) is 36.7 Å². The largest absolute Gasteiger partial charge is 0.480 e. The normalized spacial score (nSPS) is 14.6. The fourth-order valence-electron chi connectivity index (χ4n) is 5.51. The highest BCUT2D eigenvalue weighted by Gasteiger charge is 2.34. The van der Waals surface area contributed by atoms with Crippen molar-refractivity contribution in [2.45, 2.75) is 111 Å². The Balaban J connectivity index is 2.96. The minimum Gasteiger partial charge on any atom is -0.480 e. The average molecular weight is 844 g/mol. The Morgan fingerprint density at radius 3 is 1.75 bits per heavy atom. The summed E-state index contributed by atoms with van der Waals surface area (Å²) in [6, 6.07) is 1.40. The van der Waals surface area contributed by atoms with E-state index in [-0.39, 0.29) is 24.7 Å². The Hall–Kier alpha value is -6.34. The molecule has 1 aromatic rings. The van der Waals surface area contributed by atoms with Gasteiger partial charge in [-0.15, -0.1) is 0 Å². The van der Waals surface area contributed by atoms with E-state index in [4.69, 9.17) is 5.73 Å². The number of benzene rings is 1. The second-order valence-electron chi connectivity index (χ2n) is 15.1. The topological polar surface area (TPSA) is 313 Å². The summed E-state index contributed by atoms with van der Waals surface area (Å²) >= 11 is 0. The zero-order valence-electron chi connectivity index (χ0n) is 35.4. The van der Waals surface area contributed by atoms with Crippen molar-refractivity contribution < 1.29 is 53.1 Å². The van der Waals surface area contributed by atoms with Crippen LogP contribution in [0.25, 0.3) is 0 Å². The maximum absolute atomic E-state index is 13.7. The van der Waals surface area contributed by atoms with Gasteiger partial charge < -0.3 is 53.4 Å². The van der Waals surface area contributed by atoms with Crippen LogP contribution in [0.3, 0.4) is 0 Å². The molecule has 1 aromatic carbocycles. The molecule has 11 N–H and O–H groups in total. The summed E-state index contributed by atoms with van der Waals surface area (Å²) in [5.74, 6) is -9.11. The minimum absolute atomic E-state index is 0.0116. The van der Waals surface area contributed by atoms with Crippen LogP contribution in [0.4, 0.5) is 0 Å². The molecule has 0 unspecified atom stereocenters. The van der Waals surface area contributed by atoms with Crippen molar-refractivity contribution in [3.8, 4) is 0 Å². The monoisotopic (exact) mass is 843 g/mol. The number of carbonyl (C=O) groups is 10. The molecule has 0 fully saturated rings. The number of aliphatic carboxylic acids is 1. The smallest absolute Gasteiger partial charge is 0.326 e. The van der Waals surface area contributed by atoms with Crippen LogP contribution >= 0.6 is 0 Å². The van der Waals surface area contributed by atoms with Gasteiger partial charge in [0.25, 0.3) is 0 Å². The number of amides is 9. The Labute approximate surface area is 349 Å². The maximum atomic E-state index is 13.7. The first-order valence-corrected chi connectivity index (χ1v) is 19.6. The predicted octanol–water partition coefficient (Wildman–Crippen LogP) is -1.72. The lowest BCUT2D eigenvalue weighted by Crippen LogP contribution is -2.61. The van der Waals surface area contributed by atoms with Crippen molar-refractivity contribution in [3.63, 3.8) is 0 Å². The molecule has 0 aliphatic carbocycles. The van der Waals surface area contributed by atoms with Gasteiger partial charge in [-0.3, -0.25) is 43.2 Å². The highest BCUT2D eigenvalue weighted by atomic mass is 16.4. The zero-order chi connectivity index (χ0) is 45.7. The maximum Gasteiger partial charge on any atom is 0.326 e. The number of nitrogens with one attached hydrogen (secondary N) is 8. The van der Waals surface area contributed by atoms with Gasteiger partial charge in [-0.1, -0.05) is 78.3 Å². The molecule has 0 spiro atoms. The summed E-state index contributed by atoms with van der Waals surface area (Å²) < 4.78 is 0. The molecule has 9 amide bonds. The zero-order valence-corrected chi connectivity index (χ0v) is 35.4. The molecule has 0 aliphatic heterocycles. The molecule has 0 saturated carbocycles. The third-order valence-corrected chi connectivity index (χ3v) is 9.07. The highest BCUT2D eigenvalue weighted by Crippen LogP contribution is 2.12. The van der Waals surface area contributed by atoms with E-state index in [0.717, 1.165) is 12.2 Å². The van der Waals surface area contributed by atoms with Gasteiger partial charge in [-0.2, -0.15) is 0 Å². The van der Waals surface area contributed by atoms with Gasteiger partial charge in [0.05, 0.1) is 6.54 Å². The van der Waals surface area contributed by atoms with Crippen LogP contribution in [0.1, 0.15) is 73.8 Å². The molecular weight excluding hydrogens is 782 g/mol. The van der Waals surface area contributed by atoms with Crippen LogP contribution in [0.5, 0.6) is 0 Å². The van der Waals surface area contributed by atoms with Crippen LogP contribution in [0.15, 0.2) is 42.5 Å². The van der Waals surface area contributed by atoms with Gasteiger partial charge in [-0.25, -0.2) is 4.79 Å². The van der Waals surface area contributed by atoms with Crippen molar-refractivity contribution in [2.24, 2.45) is 23.5 Å². The van der Waals surface area contributed by atoms with E-state index in [1.54, 1.807) is 58.0 Å². The second-order valence-corrected chi connectivity index (χ2v) is 15.1. The SMILES string of the molecule is CC[C@H](C)[C@H](NC(=O)[C@H](CNC(C)=O)NC(=O)/C=C/C(=O)N[C@@H](C)C(=O)NCC(=O)N[C@@H](Cc1ccccc1)C(=O)O)C(=O)N[C@@H](CC(C)C)C(=O)N[C@H](C(N)=O)C(C)C. The molecule has 0 aromatic heterocycles. The molecule has 1 rings (SSSR count). The first kappa shape index (κ1) is 51.7. The number of carboxylic acids is 1. The minimum atomic E-state index is -1.45. The Bertz CT molecular complexity index is 1720. The lowest BCUT2D eigenvalue weighted by molar-refractivity contribution is -0.141. The molecule has 20 nitrogen and oxygen atoms in total. The molecule has 0 radical (unpaired) electrons. The van der Waals surface area contributed by atoms with Gasteiger partial charge in [0.1, 0.15) is 36.3 Å². The van der Waals surface area contributed by atoms with Crippen molar-refractivity contribution in [3.05, 3.63) is 48.0 Å². The Kier molecular flexibility index (Phi) is 22.3. The second kappa shape index (κ2) is 25.9. The first-order chi connectivity index (χ1) is 28.0.